The zero-order chi connectivity index (χ0) is 15.0. The van der Waals surface area contributed by atoms with Gasteiger partial charge in [-0.05, 0) is 18.4 Å². The van der Waals surface area contributed by atoms with E-state index < -0.39 is 5.56 Å². The van der Waals surface area contributed by atoms with Crippen molar-refractivity contribution in [1.82, 2.24) is 14.8 Å². The molecule has 3 rings (SSSR count). The summed E-state index contributed by atoms with van der Waals surface area (Å²) in [6, 6.07) is 1.92. The predicted octanol–water partition coefficient (Wildman–Crippen LogP) is 3.62. The Labute approximate surface area is 133 Å². The van der Waals surface area contributed by atoms with E-state index in [1.54, 1.807) is 18.3 Å². The van der Waals surface area contributed by atoms with Gasteiger partial charge in [0.2, 0.25) is 5.89 Å². The molecule has 0 aliphatic heterocycles. The van der Waals surface area contributed by atoms with E-state index in [0.29, 0.717) is 17.3 Å². The van der Waals surface area contributed by atoms with Gasteiger partial charge >= 0.3 is 0 Å². The molecule has 0 bridgehead atoms. The SMILES string of the molecule is Cc1oc(-c2ccsc2)nc1Cn1ncc(Cl)c(Cl)c1=O. The van der Waals surface area contributed by atoms with Crippen molar-refractivity contribution >= 4 is 34.5 Å². The van der Waals surface area contributed by atoms with Crippen molar-refractivity contribution in [2.75, 3.05) is 0 Å². The number of aryl methyl sites for hydroxylation is 1. The van der Waals surface area contributed by atoms with E-state index in [1.165, 1.54) is 10.9 Å². The first-order valence-electron chi connectivity index (χ1n) is 5.96. The largest absolute Gasteiger partial charge is 0.441 e. The molecule has 108 valence electrons. The standard InChI is InChI=1S/C13H9Cl2N3O2S/c1-7-10(17-12(20-7)8-2-3-21-6-8)5-18-13(19)11(15)9(14)4-16-18/h2-4,6H,5H2,1H3. The summed E-state index contributed by atoms with van der Waals surface area (Å²) < 4.78 is 6.82. The average Bonchev–Trinajstić information content (AvgIpc) is 3.10. The van der Waals surface area contributed by atoms with Crippen LogP contribution in [-0.2, 0) is 6.54 Å². The van der Waals surface area contributed by atoms with Gasteiger partial charge < -0.3 is 4.42 Å². The molecule has 0 spiro atoms. The molecule has 0 saturated carbocycles. The third-order valence-electron chi connectivity index (χ3n) is 2.90. The van der Waals surface area contributed by atoms with Crippen LogP contribution in [0.1, 0.15) is 11.5 Å². The Hall–Kier alpha value is -1.63. The molecule has 5 nitrogen and oxygen atoms in total. The lowest BCUT2D eigenvalue weighted by atomic mass is 10.3. The summed E-state index contributed by atoms with van der Waals surface area (Å²) in [5, 5.41) is 7.93. The van der Waals surface area contributed by atoms with Crippen molar-refractivity contribution < 1.29 is 4.42 Å². The van der Waals surface area contributed by atoms with Gasteiger partial charge in [-0.25, -0.2) is 9.67 Å². The highest BCUT2D eigenvalue weighted by molar-refractivity contribution is 7.08. The van der Waals surface area contributed by atoms with Crippen LogP contribution in [0.5, 0.6) is 0 Å². The Balaban J connectivity index is 1.96. The third kappa shape index (κ3) is 2.74. The molecule has 0 N–H and O–H groups in total. The van der Waals surface area contributed by atoms with Gasteiger partial charge in [0.1, 0.15) is 16.5 Å². The molecule has 3 heterocycles. The summed E-state index contributed by atoms with van der Waals surface area (Å²) in [5.74, 6) is 1.16. The highest BCUT2D eigenvalue weighted by Crippen LogP contribution is 2.24. The zero-order valence-corrected chi connectivity index (χ0v) is 13.2. The topological polar surface area (TPSA) is 60.9 Å². The van der Waals surface area contributed by atoms with Gasteiger partial charge in [0.15, 0.2) is 0 Å². The molecule has 0 aromatic carbocycles. The fourth-order valence-corrected chi connectivity index (χ4v) is 2.68. The highest BCUT2D eigenvalue weighted by Gasteiger charge is 2.14. The maximum absolute atomic E-state index is 12.0. The van der Waals surface area contributed by atoms with Gasteiger partial charge in [0.05, 0.1) is 17.8 Å². The molecule has 0 amide bonds. The number of oxazole rings is 1. The average molecular weight is 342 g/mol. The molecule has 3 aromatic heterocycles. The number of nitrogens with zero attached hydrogens (tertiary/aromatic N) is 3. The summed E-state index contributed by atoms with van der Waals surface area (Å²) in [6.07, 6.45) is 1.33. The molecule has 0 aliphatic rings. The predicted molar refractivity (Wildman–Crippen MR) is 82.2 cm³/mol. The van der Waals surface area contributed by atoms with Crippen molar-refractivity contribution in [3.8, 4) is 11.5 Å². The zero-order valence-electron chi connectivity index (χ0n) is 10.8. The summed E-state index contributed by atoms with van der Waals surface area (Å²) in [6.45, 7) is 1.97. The Morgan fingerprint density at radius 3 is 2.95 bits per heavy atom. The number of thiophene rings is 1. The van der Waals surface area contributed by atoms with E-state index in [4.69, 9.17) is 27.6 Å². The summed E-state index contributed by atoms with van der Waals surface area (Å²) in [5.41, 5.74) is 1.08. The van der Waals surface area contributed by atoms with Gasteiger partial charge in [-0.2, -0.15) is 16.4 Å². The first kappa shape index (κ1) is 14.3. The van der Waals surface area contributed by atoms with Crippen LogP contribution in [-0.4, -0.2) is 14.8 Å². The molecule has 0 aliphatic carbocycles. The van der Waals surface area contributed by atoms with E-state index in [2.05, 4.69) is 10.1 Å². The van der Waals surface area contributed by atoms with Crippen LogP contribution in [0.3, 0.4) is 0 Å². The molecular weight excluding hydrogens is 333 g/mol. The molecular formula is C13H9Cl2N3O2S. The minimum Gasteiger partial charge on any atom is -0.441 e. The monoisotopic (exact) mass is 341 g/mol. The Bertz CT molecular complexity index is 840. The van der Waals surface area contributed by atoms with Crippen molar-refractivity contribution in [3.05, 3.63) is 54.9 Å². The van der Waals surface area contributed by atoms with Gasteiger partial charge in [-0.3, -0.25) is 4.79 Å². The number of aromatic nitrogens is 3. The second-order valence-corrected chi connectivity index (χ2v) is 5.87. The van der Waals surface area contributed by atoms with Gasteiger partial charge in [0, 0.05) is 10.9 Å². The normalized spacial score (nSPS) is 11.0. The molecule has 8 heteroatoms. The molecule has 21 heavy (non-hydrogen) atoms. The quantitative estimate of drug-likeness (QED) is 0.729. The van der Waals surface area contributed by atoms with Crippen LogP contribution >= 0.6 is 34.5 Å². The van der Waals surface area contributed by atoms with Crippen LogP contribution in [0.25, 0.3) is 11.5 Å². The van der Waals surface area contributed by atoms with Crippen molar-refractivity contribution in [2.24, 2.45) is 0 Å². The van der Waals surface area contributed by atoms with Crippen LogP contribution in [0.15, 0.2) is 32.2 Å². The highest BCUT2D eigenvalue weighted by atomic mass is 35.5. The molecule has 0 saturated heterocycles. The van der Waals surface area contributed by atoms with Crippen LogP contribution in [0.2, 0.25) is 10.0 Å². The van der Waals surface area contributed by atoms with Crippen LogP contribution in [0, 0.1) is 6.92 Å². The minimum absolute atomic E-state index is 0.0501. The van der Waals surface area contributed by atoms with Gasteiger partial charge in [0.25, 0.3) is 5.56 Å². The molecule has 3 aromatic rings. The van der Waals surface area contributed by atoms with Crippen LogP contribution in [0.4, 0.5) is 0 Å². The van der Waals surface area contributed by atoms with E-state index >= 15 is 0 Å². The minimum atomic E-state index is -0.455. The van der Waals surface area contributed by atoms with E-state index in [-0.39, 0.29) is 16.6 Å². The first-order chi connectivity index (χ1) is 10.1. The first-order valence-corrected chi connectivity index (χ1v) is 7.66. The smallest absolute Gasteiger partial charge is 0.287 e. The second kappa shape index (κ2) is 5.63. The maximum Gasteiger partial charge on any atom is 0.287 e. The van der Waals surface area contributed by atoms with Crippen molar-refractivity contribution in [2.45, 2.75) is 13.5 Å². The van der Waals surface area contributed by atoms with Gasteiger partial charge in [-0.1, -0.05) is 23.2 Å². The lowest BCUT2D eigenvalue weighted by Gasteiger charge is -2.03. The summed E-state index contributed by atoms with van der Waals surface area (Å²) in [7, 11) is 0. The molecule has 0 atom stereocenters. The lowest BCUT2D eigenvalue weighted by Crippen LogP contribution is -2.24. The van der Waals surface area contributed by atoms with Crippen molar-refractivity contribution in [3.63, 3.8) is 0 Å². The Morgan fingerprint density at radius 1 is 1.43 bits per heavy atom. The third-order valence-corrected chi connectivity index (χ3v) is 4.33. The fraction of sp³-hybridized carbons (Fsp3) is 0.154. The lowest BCUT2D eigenvalue weighted by molar-refractivity contribution is 0.534. The molecule has 0 radical (unpaired) electrons. The number of rotatable bonds is 3. The number of halogens is 2. The van der Waals surface area contributed by atoms with E-state index in [0.717, 1.165) is 5.56 Å². The van der Waals surface area contributed by atoms with Gasteiger partial charge in [-0.15, -0.1) is 0 Å². The summed E-state index contributed by atoms with van der Waals surface area (Å²) >= 11 is 13.1. The second-order valence-electron chi connectivity index (χ2n) is 4.30. The van der Waals surface area contributed by atoms with E-state index in [9.17, 15) is 4.79 Å². The maximum atomic E-state index is 12.0. The Morgan fingerprint density at radius 2 is 2.24 bits per heavy atom. The number of hydrogen-bond donors (Lipinski definition) is 0. The van der Waals surface area contributed by atoms with Crippen LogP contribution < -0.4 is 5.56 Å². The Kier molecular flexibility index (Phi) is 3.84. The summed E-state index contributed by atoms with van der Waals surface area (Å²) in [4.78, 5) is 16.4. The molecule has 0 fully saturated rings. The number of hydrogen-bond acceptors (Lipinski definition) is 5. The molecule has 0 unspecified atom stereocenters. The van der Waals surface area contributed by atoms with Crippen molar-refractivity contribution in [1.29, 1.82) is 0 Å². The fourth-order valence-electron chi connectivity index (χ4n) is 1.78. The van der Waals surface area contributed by atoms with E-state index in [1.807, 2.05) is 16.8 Å².